The Morgan fingerprint density at radius 3 is 2.50 bits per heavy atom. The SMILES string of the molecule is Cc1ccc(NC(=O)C(=O)NCC(O)(c2cccs2)C2CC2)cc1. The van der Waals surface area contributed by atoms with Crippen LogP contribution in [0.25, 0.3) is 0 Å². The van der Waals surface area contributed by atoms with E-state index in [1.54, 1.807) is 12.1 Å². The van der Waals surface area contributed by atoms with Crippen molar-refractivity contribution in [1.29, 1.82) is 0 Å². The van der Waals surface area contributed by atoms with Gasteiger partial charge in [-0.1, -0.05) is 23.8 Å². The smallest absolute Gasteiger partial charge is 0.313 e. The van der Waals surface area contributed by atoms with Crippen molar-refractivity contribution in [2.75, 3.05) is 11.9 Å². The molecule has 1 unspecified atom stereocenters. The zero-order valence-corrected chi connectivity index (χ0v) is 14.2. The van der Waals surface area contributed by atoms with Gasteiger partial charge in [-0.25, -0.2) is 0 Å². The van der Waals surface area contributed by atoms with Gasteiger partial charge in [-0.3, -0.25) is 9.59 Å². The molecule has 1 heterocycles. The Morgan fingerprint density at radius 1 is 1.21 bits per heavy atom. The monoisotopic (exact) mass is 344 g/mol. The lowest BCUT2D eigenvalue weighted by Gasteiger charge is -2.27. The normalized spacial score (nSPS) is 16.2. The molecular weight excluding hydrogens is 324 g/mol. The van der Waals surface area contributed by atoms with Gasteiger partial charge in [-0.15, -0.1) is 11.3 Å². The second kappa shape index (κ2) is 6.75. The third-order valence-electron chi connectivity index (χ3n) is 4.23. The lowest BCUT2D eigenvalue weighted by atomic mass is 9.95. The van der Waals surface area contributed by atoms with E-state index < -0.39 is 17.4 Å². The summed E-state index contributed by atoms with van der Waals surface area (Å²) in [5, 5.41) is 17.9. The molecule has 1 aliphatic carbocycles. The summed E-state index contributed by atoms with van der Waals surface area (Å²) in [6, 6.07) is 10.9. The highest BCUT2D eigenvalue weighted by Crippen LogP contribution is 2.46. The van der Waals surface area contributed by atoms with Crippen LogP contribution in [0.2, 0.25) is 0 Å². The third-order valence-corrected chi connectivity index (χ3v) is 5.27. The largest absolute Gasteiger partial charge is 0.382 e. The van der Waals surface area contributed by atoms with Gasteiger partial charge in [-0.05, 0) is 49.3 Å². The molecule has 2 amide bonds. The third kappa shape index (κ3) is 3.66. The molecule has 5 nitrogen and oxygen atoms in total. The van der Waals surface area contributed by atoms with E-state index in [9.17, 15) is 14.7 Å². The van der Waals surface area contributed by atoms with Crippen LogP contribution in [0.4, 0.5) is 5.69 Å². The van der Waals surface area contributed by atoms with E-state index in [-0.39, 0.29) is 12.5 Å². The topological polar surface area (TPSA) is 78.4 Å². The number of thiophene rings is 1. The maximum absolute atomic E-state index is 12.0. The summed E-state index contributed by atoms with van der Waals surface area (Å²) in [6.07, 6.45) is 1.86. The Labute approximate surface area is 144 Å². The van der Waals surface area contributed by atoms with Crippen LogP contribution in [0, 0.1) is 12.8 Å². The van der Waals surface area contributed by atoms with Gasteiger partial charge < -0.3 is 15.7 Å². The highest BCUT2D eigenvalue weighted by Gasteiger charge is 2.46. The fourth-order valence-electron chi connectivity index (χ4n) is 2.64. The minimum atomic E-state index is -1.09. The summed E-state index contributed by atoms with van der Waals surface area (Å²) in [7, 11) is 0. The molecule has 1 aromatic carbocycles. The van der Waals surface area contributed by atoms with Crippen LogP contribution < -0.4 is 10.6 Å². The summed E-state index contributed by atoms with van der Waals surface area (Å²) in [6.45, 7) is 1.99. The number of carbonyl (C=O) groups excluding carboxylic acids is 2. The second-order valence-electron chi connectivity index (χ2n) is 6.18. The lowest BCUT2D eigenvalue weighted by Crippen LogP contribution is -2.45. The van der Waals surface area contributed by atoms with E-state index in [4.69, 9.17) is 0 Å². The standard InChI is InChI=1S/C18H20N2O3S/c1-12-4-8-14(9-5-12)20-17(22)16(21)19-11-18(23,13-6-7-13)15-3-2-10-24-15/h2-5,8-10,13,23H,6-7,11H2,1H3,(H,19,21)(H,20,22). The fraction of sp³-hybridized carbons (Fsp3) is 0.333. The van der Waals surface area contributed by atoms with Gasteiger partial charge in [-0.2, -0.15) is 0 Å². The Morgan fingerprint density at radius 2 is 1.92 bits per heavy atom. The number of hydrogen-bond acceptors (Lipinski definition) is 4. The van der Waals surface area contributed by atoms with Gasteiger partial charge in [0, 0.05) is 10.6 Å². The van der Waals surface area contributed by atoms with Crippen molar-refractivity contribution in [2.24, 2.45) is 5.92 Å². The minimum Gasteiger partial charge on any atom is -0.382 e. The van der Waals surface area contributed by atoms with Crippen molar-refractivity contribution in [2.45, 2.75) is 25.4 Å². The molecule has 1 saturated carbocycles. The fourth-order valence-corrected chi connectivity index (χ4v) is 3.54. The molecule has 6 heteroatoms. The number of aliphatic hydroxyl groups is 1. The Kier molecular flexibility index (Phi) is 4.69. The molecule has 2 aromatic rings. The summed E-state index contributed by atoms with van der Waals surface area (Å²) in [5.74, 6) is -1.34. The number of aryl methyl sites for hydroxylation is 1. The zero-order valence-electron chi connectivity index (χ0n) is 13.4. The van der Waals surface area contributed by atoms with E-state index in [0.717, 1.165) is 23.3 Å². The first kappa shape index (κ1) is 16.7. The van der Waals surface area contributed by atoms with Crippen LogP contribution in [0.3, 0.4) is 0 Å². The van der Waals surface area contributed by atoms with Crippen molar-refractivity contribution in [1.82, 2.24) is 5.32 Å². The van der Waals surface area contributed by atoms with Crippen LogP contribution in [-0.2, 0) is 15.2 Å². The zero-order chi connectivity index (χ0) is 17.2. The second-order valence-corrected chi connectivity index (χ2v) is 7.13. The Bertz CT molecular complexity index is 723. The van der Waals surface area contributed by atoms with Crippen molar-refractivity contribution < 1.29 is 14.7 Å². The quantitative estimate of drug-likeness (QED) is 0.729. The van der Waals surface area contributed by atoms with Crippen molar-refractivity contribution in [3.8, 4) is 0 Å². The van der Waals surface area contributed by atoms with Crippen molar-refractivity contribution >= 4 is 28.8 Å². The summed E-state index contributed by atoms with van der Waals surface area (Å²) >= 11 is 1.46. The predicted molar refractivity (Wildman–Crippen MR) is 93.8 cm³/mol. The molecule has 3 rings (SSSR count). The van der Waals surface area contributed by atoms with E-state index in [1.807, 2.05) is 36.6 Å². The van der Waals surface area contributed by atoms with Crippen LogP contribution >= 0.6 is 11.3 Å². The maximum atomic E-state index is 12.0. The van der Waals surface area contributed by atoms with Crippen LogP contribution in [0.5, 0.6) is 0 Å². The van der Waals surface area contributed by atoms with Gasteiger partial charge in [0.15, 0.2) is 0 Å². The molecule has 1 fully saturated rings. The molecule has 0 spiro atoms. The number of rotatable bonds is 5. The number of carbonyl (C=O) groups is 2. The first-order valence-corrected chi connectivity index (χ1v) is 8.79. The van der Waals surface area contributed by atoms with Gasteiger partial charge in [0.1, 0.15) is 5.60 Å². The predicted octanol–water partition coefficient (Wildman–Crippen LogP) is 2.41. The highest BCUT2D eigenvalue weighted by molar-refractivity contribution is 7.10. The van der Waals surface area contributed by atoms with Crippen LogP contribution in [-0.4, -0.2) is 23.5 Å². The van der Waals surface area contributed by atoms with Gasteiger partial charge in [0.05, 0.1) is 6.54 Å². The Hall–Kier alpha value is -2.18. The molecule has 24 heavy (non-hydrogen) atoms. The summed E-state index contributed by atoms with van der Waals surface area (Å²) < 4.78 is 0. The molecule has 0 saturated heterocycles. The molecule has 1 atom stereocenters. The first-order valence-electron chi connectivity index (χ1n) is 7.91. The molecular formula is C18H20N2O3S. The summed E-state index contributed by atoms with van der Waals surface area (Å²) in [4.78, 5) is 24.9. The van der Waals surface area contributed by atoms with Gasteiger partial charge in [0.2, 0.25) is 0 Å². The lowest BCUT2D eigenvalue weighted by molar-refractivity contribution is -0.137. The minimum absolute atomic E-state index is 0.0400. The average Bonchev–Trinajstić information content (AvgIpc) is 3.29. The number of hydrogen-bond donors (Lipinski definition) is 3. The van der Waals surface area contributed by atoms with E-state index >= 15 is 0 Å². The van der Waals surface area contributed by atoms with Crippen LogP contribution in [0.15, 0.2) is 41.8 Å². The van der Waals surface area contributed by atoms with E-state index in [0.29, 0.717) is 5.69 Å². The molecule has 1 aromatic heterocycles. The van der Waals surface area contributed by atoms with Crippen molar-refractivity contribution in [3.63, 3.8) is 0 Å². The molecule has 126 valence electrons. The molecule has 0 aliphatic heterocycles. The number of nitrogens with one attached hydrogen (secondary N) is 2. The molecule has 0 bridgehead atoms. The van der Waals surface area contributed by atoms with E-state index in [1.165, 1.54) is 11.3 Å². The molecule has 0 radical (unpaired) electrons. The average molecular weight is 344 g/mol. The molecule has 3 N–H and O–H groups in total. The summed E-state index contributed by atoms with van der Waals surface area (Å²) in [5.41, 5.74) is 0.549. The van der Waals surface area contributed by atoms with Crippen molar-refractivity contribution in [3.05, 3.63) is 52.2 Å². The van der Waals surface area contributed by atoms with Gasteiger partial charge in [0.25, 0.3) is 0 Å². The number of benzene rings is 1. The maximum Gasteiger partial charge on any atom is 0.313 e. The molecule has 1 aliphatic rings. The number of anilines is 1. The first-order chi connectivity index (χ1) is 11.5. The van der Waals surface area contributed by atoms with Crippen LogP contribution in [0.1, 0.15) is 23.3 Å². The van der Waals surface area contributed by atoms with Gasteiger partial charge >= 0.3 is 11.8 Å². The van der Waals surface area contributed by atoms with E-state index in [2.05, 4.69) is 10.6 Å². The Balaban J connectivity index is 1.59. The number of amides is 2. The highest BCUT2D eigenvalue weighted by atomic mass is 32.1.